The van der Waals surface area contributed by atoms with Crippen molar-refractivity contribution in [2.24, 2.45) is 0 Å². The maximum absolute atomic E-state index is 12.8. The Bertz CT molecular complexity index is 712. The fourth-order valence-electron chi connectivity index (χ4n) is 3.63. The number of carbonyl (C=O) groups is 1. The van der Waals surface area contributed by atoms with Crippen molar-refractivity contribution in [3.8, 4) is 0 Å². The summed E-state index contributed by atoms with van der Waals surface area (Å²) < 4.78 is 11.1. The number of rotatable bonds is 3. The summed E-state index contributed by atoms with van der Waals surface area (Å²) in [5, 5.41) is 4.16. The first-order chi connectivity index (χ1) is 12.3. The van der Waals surface area contributed by atoms with Gasteiger partial charge >= 0.3 is 0 Å². The zero-order chi connectivity index (χ0) is 17.1. The van der Waals surface area contributed by atoms with Gasteiger partial charge in [-0.25, -0.2) is 0 Å². The minimum atomic E-state index is -0.257. The highest BCUT2D eigenvalue weighted by Gasteiger charge is 2.30. The van der Waals surface area contributed by atoms with Crippen molar-refractivity contribution in [2.45, 2.75) is 44.1 Å². The van der Waals surface area contributed by atoms with Gasteiger partial charge in [0, 0.05) is 30.9 Å². The van der Waals surface area contributed by atoms with Gasteiger partial charge in [-0.05, 0) is 12.8 Å². The first-order valence-corrected chi connectivity index (χ1v) is 8.94. The summed E-state index contributed by atoms with van der Waals surface area (Å²) in [4.78, 5) is 22.9. The van der Waals surface area contributed by atoms with E-state index in [1.807, 2.05) is 6.07 Å². The van der Waals surface area contributed by atoms with Crippen LogP contribution in [0.5, 0.6) is 0 Å². The van der Waals surface area contributed by atoms with E-state index in [1.54, 1.807) is 23.5 Å². The Morgan fingerprint density at radius 2 is 2.04 bits per heavy atom. The van der Waals surface area contributed by atoms with Crippen LogP contribution in [0, 0.1) is 0 Å². The van der Waals surface area contributed by atoms with Crippen LogP contribution < -0.4 is 0 Å². The molecule has 25 heavy (non-hydrogen) atoms. The molecular weight excluding hydrogens is 320 g/mol. The lowest BCUT2D eigenvalue weighted by Crippen LogP contribution is -2.42. The van der Waals surface area contributed by atoms with E-state index >= 15 is 0 Å². The van der Waals surface area contributed by atoms with Gasteiger partial charge in [0.25, 0.3) is 5.91 Å². The van der Waals surface area contributed by atoms with Gasteiger partial charge in [0.2, 0.25) is 5.76 Å². The van der Waals surface area contributed by atoms with Gasteiger partial charge in [-0.1, -0.05) is 24.4 Å². The molecule has 1 aliphatic heterocycles. The highest BCUT2D eigenvalue weighted by Crippen LogP contribution is 2.32. The van der Waals surface area contributed by atoms with Crippen LogP contribution >= 0.6 is 0 Å². The Balaban J connectivity index is 1.44. The van der Waals surface area contributed by atoms with Crippen LogP contribution in [0.25, 0.3) is 0 Å². The molecule has 1 unspecified atom stereocenters. The van der Waals surface area contributed by atoms with E-state index in [9.17, 15) is 4.79 Å². The molecule has 0 bridgehead atoms. The van der Waals surface area contributed by atoms with Gasteiger partial charge in [0.05, 0.1) is 30.7 Å². The molecule has 1 amide bonds. The quantitative estimate of drug-likeness (QED) is 0.853. The Hall–Kier alpha value is -2.28. The summed E-state index contributed by atoms with van der Waals surface area (Å²) in [6.07, 6.45) is 10.7. The van der Waals surface area contributed by atoms with Crippen LogP contribution in [0.3, 0.4) is 0 Å². The second kappa shape index (κ2) is 7.31. The van der Waals surface area contributed by atoms with Gasteiger partial charge in [-0.3, -0.25) is 14.8 Å². The van der Waals surface area contributed by atoms with Gasteiger partial charge in [-0.15, -0.1) is 0 Å². The SMILES string of the molecule is O=C(c1cc(C2CCCCC2)no1)N1CCOC(c2cnccn2)C1. The van der Waals surface area contributed by atoms with E-state index in [4.69, 9.17) is 9.26 Å². The normalized spacial score (nSPS) is 22.1. The molecule has 0 spiro atoms. The Labute approximate surface area is 146 Å². The highest BCUT2D eigenvalue weighted by atomic mass is 16.5. The van der Waals surface area contributed by atoms with Crippen molar-refractivity contribution in [3.05, 3.63) is 41.8 Å². The molecule has 7 heteroatoms. The topological polar surface area (TPSA) is 81.4 Å². The number of hydrogen-bond acceptors (Lipinski definition) is 6. The number of nitrogens with zero attached hydrogens (tertiary/aromatic N) is 4. The fourth-order valence-corrected chi connectivity index (χ4v) is 3.63. The minimum absolute atomic E-state index is 0.133. The van der Waals surface area contributed by atoms with E-state index < -0.39 is 0 Å². The van der Waals surface area contributed by atoms with E-state index in [-0.39, 0.29) is 12.0 Å². The standard InChI is InChI=1S/C18H22N4O3/c23-18(16-10-14(21-25-16)13-4-2-1-3-5-13)22-8-9-24-17(12-22)15-11-19-6-7-20-15/h6-7,10-11,13,17H,1-5,8-9,12H2. The van der Waals surface area contributed by atoms with Crippen LogP contribution in [-0.2, 0) is 4.74 Å². The smallest absolute Gasteiger partial charge is 0.292 e. The van der Waals surface area contributed by atoms with Crippen molar-refractivity contribution < 1.29 is 14.1 Å². The summed E-state index contributed by atoms with van der Waals surface area (Å²) >= 11 is 0. The first-order valence-electron chi connectivity index (χ1n) is 8.94. The molecule has 4 rings (SSSR count). The molecule has 3 heterocycles. The van der Waals surface area contributed by atoms with Crippen molar-refractivity contribution in [3.63, 3.8) is 0 Å². The van der Waals surface area contributed by atoms with Gasteiger partial charge < -0.3 is 14.2 Å². The zero-order valence-electron chi connectivity index (χ0n) is 14.1. The predicted molar refractivity (Wildman–Crippen MR) is 89.0 cm³/mol. The number of ether oxygens (including phenoxy) is 1. The summed E-state index contributed by atoms with van der Waals surface area (Å²) in [5.41, 5.74) is 1.65. The first kappa shape index (κ1) is 16.2. The highest BCUT2D eigenvalue weighted by molar-refractivity contribution is 5.91. The lowest BCUT2D eigenvalue weighted by molar-refractivity contribution is -0.0260. The lowest BCUT2D eigenvalue weighted by atomic mass is 9.87. The third-order valence-corrected chi connectivity index (χ3v) is 5.03. The lowest BCUT2D eigenvalue weighted by Gasteiger charge is -2.31. The van der Waals surface area contributed by atoms with Crippen LogP contribution in [0.15, 0.2) is 29.2 Å². The maximum atomic E-state index is 12.8. The van der Waals surface area contributed by atoms with E-state index in [0.717, 1.165) is 24.2 Å². The third-order valence-electron chi connectivity index (χ3n) is 5.03. The molecule has 1 saturated heterocycles. The van der Waals surface area contributed by atoms with E-state index in [1.165, 1.54) is 19.3 Å². The van der Waals surface area contributed by atoms with Crippen molar-refractivity contribution in [1.29, 1.82) is 0 Å². The summed E-state index contributed by atoms with van der Waals surface area (Å²) in [7, 11) is 0. The number of aromatic nitrogens is 3. The fraction of sp³-hybridized carbons (Fsp3) is 0.556. The second-order valence-electron chi connectivity index (χ2n) is 6.69. The predicted octanol–water partition coefficient (Wildman–Crippen LogP) is 2.73. The summed E-state index contributed by atoms with van der Waals surface area (Å²) in [5.74, 6) is 0.614. The molecule has 0 radical (unpaired) electrons. The van der Waals surface area contributed by atoms with E-state index in [2.05, 4.69) is 15.1 Å². The van der Waals surface area contributed by atoms with Crippen LogP contribution in [0.2, 0.25) is 0 Å². The second-order valence-corrected chi connectivity index (χ2v) is 6.69. The zero-order valence-corrected chi connectivity index (χ0v) is 14.1. The maximum Gasteiger partial charge on any atom is 0.292 e. The molecule has 1 aliphatic carbocycles. The molecule has 0 N–H and O–H groups in total. The van der Waals surface area contributed by atoms with Gasteiger partial charge in [0.1, 0.15) is 6.10 Å². The molecular formula is C18H22N4O3. The van der Waals surface area contributed by atoms with Gasteiger partial charge in [-0.2, -0.15) is 0 Å². The number of morpholine rings is 1. The molecule has 132 valence electrons. The number of carbonyl (C=O) groups excluding carboxylic acids is 1. The Morgan fingerprint density at radius 3 is 2.84 bits per heavy atom. The van der Waals surface area contributed by atoms with E-state index in [0.29, 0.717) is 31.4 Å². The summed E-state index contributed by atoms with van der Waals surface area (Å²) in [6, 6.07) is 1.82. The van der Waals surface area contributed by atoms with Crippen LogP contribution in [-0.4, -0.2) is 45.6 Å². The number of hydrogen-bond donors (Lipinski definition) is 0. The Kier molecular flexibility index (Phi) is 4.74. The third kappa shape index (κ3) is 3.56. The molecule has 2 fully saturated rings. The molecule has 1 atom stereocenters. The van der Waals surface area contributed by atoms with Crippen LogP contribution in [0.4, 0.5) is 0 Å². The van der Waals surface area contributed by atoms with Gasteiger partial charge in [0.15, 0.2) is 0 Å². The molecule has 0 aromatic carbocycles. The summed E-state index contributed by atoms with van der Waals surface area (Å²) in [6.45, 7) is 1.45. The Morgan fingerprint density at radius 1 is 1.16 bits per heavy atom. The monoisotopic (exact) mass is 342 g/mol. The molecule has 2 aromatic heterocycles. The average molecular weight is 342 g/mol. The minimum Gasteiger partial charge on any atom is -0.368 e. The molecule has 1 saturated carbocycles. The molecule has 2 aromatic rings. The number of amides is 1. The van der Waals surface area contributed by atoms with Crippen molar-refractivity contribution in [1.82, 2.24) is 20.0 Å². The largest absolute Gasteiger partial charge is 0.368 e. The molecule has 7 nitrogen and oxygen atoms in total. The molecule has 2 aliphatic rings. The van der Waals surface area contributed by atoms with Crippen molar-refractivity contribution in [2.75, 3.05) is 19.7 Å². The average Bonchev–Trinajstić information content (AvgIpc) is 3.19. The van der Waals surface area contributed by atoms with Crippen molar-refractivity contribution >= 4 is 5.91 Å². The van der Waals surface area contributed by atoms with Crippen LogP contribution in [0.1, 0.15) is 66.1 Å².